The summed E-state index contributed by atoms with van der Waals surface area (Å²) < 4.78 is 17.0. The number of aryl methyl sites for hydroxylation is 2. The van der Waals surface area contributed by atoms with Gasteiger partial charge in [0.25, 0.3) is 0 Å². The van der Waals surface area contributed by atoms with Crippen LogP contribution in [-0.4, -0.2) is 12.7 Å². The van der Waals surface area contributed by atoms with Crippen LogP contribution >= 0.6 is 0 Å². The standard InChI is InChI=1S/C40H34N6O2.C5H10O/c1-29-25-37(47-27-31-9-5-3-6-10-31)21-23-39(29)45-43-35-17-13-33(14-18-35)41-42-34-15-19-36(20-16-34)44-46-40-24-22-38(26-30(40)2)48-28-32-11-7-4-8-12-32;1-5-3-2-4-6-5/h3-26H,27-28H2,1-2H3;5H,2-4H2,1H3. The van der Waals surface area contributed by atoms with E-state index >= 15 is 0 Å². The molecule has 0 saturated carbocycles. The summed E-state index contributed by atoms with van der Waals surface area (Å²) in [6.45, 7) is 8.13. The fourth-order valence-corrected chi connectivity index (χ4v) is 5.39. The van der Waals surface area contributed by atoms with Crippen LogP contribution in [-0.2, 0) is 18.0 Å². The minimum Gasteiger partial charge on any atom is -0.489 e. The van der Waals surface area contributed by atoms with Gasteiger partial charge < -0.3 is 14.2 Å². The van der Waals surface area contributed by atoms with Crippen LogP contribution in [0.25, 0.3) is 0 Å². The van der Waals surface area contributed by atoms with Crippen LogP contribution in [0.2, 0.25) is 0 Å². The summed E-state index contributed by atoms with van der Waals surface area (Å²) in [7, 11) is 0. The molecule has 1 fully saturated rings. The number of nitrogens with zero attached hydrogens (tertiary/aromatic N) is 6. The molecule has 6 aromatic carbocycles. The number of ether oxygens (including phenoxy) is 3. The van der Waals surface area contributed by atoms with Crippen molar-refractivity contribution in [1.29, 1.82) is 0 Å². The van der Waals surface area contributed by atoms with E-state index in [0.717, 1.165) is 63.1 Å². The molecule has 1 saturated heterocycles. The average Bonchev–Trinajstić information content (AvgIpc) is 3.70. The summed E-state index contributed by atoms with van der Waals surface area (Å²) in [5.41, 5.74) is 8.63. The summed E-state index contributed by atoms with van der Waals surface area (Å²) in [6, 6.07) is 46.6. The third-order valence-electron chi connectivity index (χ3n) is 8.52. The van der Waals surface area contributed by atoms with Crippen molar-refractivity contribution in [2.24, 2.45) is 30.7 Å². The van der Waals surface area contributed by atoms with Crippen LogP contribution in [0.3, 0.4) is 0 Å². The first-order valence-electron chi connectivity index (χ1n) is 18.1. The first-order chi connectivity index (χ1) is 26.5. The lowest BCUT2D eigenvalue weighted by Gasteiger charge is -2.08. The number of benzene rings is 6. The van der Waals surface area contributed by atoms with Crippen LogP contribution in [0.5, 0.6) is 11.5 Å². The van der Waals surface area contributed by atoms with Crippen molar-refractivity contribution in [2.75, 3.05) is 6.61 Å². The molecule has 0 aromatic heterocycles. The zero-order valence-electron chi connectivity index (χ0n) is 30.9. The van der Waals surface area contributed by atoms with Crippen LogP contribution in [0, 0.1) is 13.8 Å². The zero-order valence-corrected chi connectivity index (χ0v) is 30.9. The monoisotopic (exact) mass is 716 g/mol. The van der Waals surface area contributed by atoms with E-state index in [1.54, 1.807) is 0 Å². The normalized spacial score (nSPS) is 14.0. The predicted molar refractivity (Wildman–Crippen MR) is 214 cm³/mol. The molecule has 0 spiro atoms. The Bertz CT molecular complexity index is 2000. The topological polar surface area (TPSA) is 102 Å². The van der Waals surface area contributed by atoms with Gasteiger partial charge in [0, 0.05) is 6.61 Å². The molecule has 7 rings (SSSR count). The lowest BCUT2D eigenvalue weighted by atomic mass is 10.2. The fraction of sp³-hybridized carbons (Fsp3) is 0.200. The maximum atomic E-state index is 5.91. The quantitative estimate of drug-likeness (QED) is 0.118. The molecule has 0 aliphatic carbocycles. The van der Waals surface area contributed by atoms with Crippen LogP contribution in [0.4, 0.5) is 34.1 Å². The van der Waals surface area contributed by atoms with Gasteiger partial charge in [-0.1, -0.05) is 60.7 Å². The van der Waals surface area contributed by atoms with Crippen LogP contribution in [0.15, 0.2) is 176 Å². The highest BCUT2D eigenvalue weighted by atomic mass is 16.5. The van der Waals surface area contributed by atoms with Crippen molar-refractivity contribution < 1.29 is 14.2 Å². The highest BCUT2D eigenvalue weighted by molar-refractivity contribution is 5.53. The molecule has 1 aliphatic heterocycles. The minimum absolute atomic E-state index is 0.519. The van der Waals surface area contributed by atoms with Gasteiger partial charge in [-0.15, -0.1) is 0 Å². The van der Waals surface area contributed by atoms with Crippen molar-refractivity contribution in [2.45, 2.75) is 52.9 Å². The Kier molecular flexibility index (Phi) is 13.5. The molecule has 9 heteroatoms. The SMILES string of the molecule is CC1CCCO1.Cc1cc(OCc2ccccc2)ccc1N=Nc1ccc(N=Nc2ccc(N=Nc3ccc(OCc4ccccc4)cc3C)cc2)cc1. The van der Waals surface area contributed by atoms with E-state index in [-0.39, 0.29) is 0 Å². The Morgan fingerprint density at radius 1 is 0.500 bits per heavy atom. The predicted octanol–water partition coefficient (Wildman–Crippen LogP) is 13.9. The largest absolute Gasteiger partial charge is 0.489 e. The molecular formula is C45H44N6O3. The molecule has 1 aliphatic rings. The second kappa shape index (κ2) is 19.5. The second-order valence-electron chi connectivity index (χ2n) is 12.9. The molecular weight excluding hydrogens is 673 g/mol. The van der Waals surface area contributed by atoms with Gasteiger partial charge in [0.05, 0.1) is 40.2 Å². The summed E-state index contributed by atoms with van der Waals surface area (Å²) in [5, 5.41) is 26.3. The number of rotatable bonds is 12. The fourth-order valence-electron chi connectivity index (χ4n) is 5.39. The summed E-state index contributed by atoms with van der Waals surface area (Å²) >= 11 is 0. The number of hydrogen-bond acceptors (Lipinski definition) is 9. The van der Waals surface area contributed by atoms with Crippen molar-refractivity contribution in [3.8, 4) is 11.5 Å². The van der Waals surface area contributed by atoms with E-state index in [1.165, 1.54) is 12.8 Å². The second-order valence-corrected chi connectivity index (χ2v) is 12.9. The molecule has 6 aromatic rings. The zero-order chi connectivity index (χ0) is 37.4. The van der Waals surface area contributed by atoms with E-state index in [1.807, 2.05) is 159 Å². The summed E-state index contributed by atoms with van der Waals surface area (Å²) in [6.07, 6.45) is 3.08. The van der Waals surface area contributed by atoms with Gasteiger partial charge in [0.2, 0.25) is 0 Å². The van der Waals surface area contributed by atoms with E-state index in [2.05, 4.69) is 37.6 Å². The molecule has 0 amide bonds. The maximum absolute atomic E-state index is 5.91. The van der Waals surface area contributed by atoms with E-state index in [0.29, 0.717) is 30.7 Å². The van der Waals surface area contributed by atoms with Gasteiger partial charge in [-0.2, -0.15) is 30.7 Å². The number of azo groups is 3. The third kappa shape index (κ3) is 11.9. The van der Waals surface area contributed by atoms with E-state index in [4.69, 9.17) is 14.2 Å². The molecule has 0 radical (unpaired) electrons. The van der Waals surface area contributed by atoms with Gasteiger partial charge in [-0.05, 0) is 141 Å². The molecule has 1 unspecified atom stereocenters. The van der Waals surface area contributed by atoms with Crippen molar-refractivity contribution in [3.05, 3.63) is 168 Å². The van der Waals surface area contributed by atoms with Crippen molar-refractivity contribution in [1.82, 2.24) is 0 Å². The average molecular weight is 717 g/mol. The van der Waals surface area contributed by atoms with Crippen LogP contribution in [0.1, 0.15) is 42.0 Å². The molecule has 0 bridgehead atoms. The van der Waals surface area contributed by atoms with Crippen LogP contribution < -0.4 is 9.47 Å². The van der Waals surface area contributed by atoms with Gasteiger partial charge >= 0.3 is 0 Å². The summed E-state index contributed by atoms with van der Waals surface area (Å²) in [5.74, 6) is 1.59. The summed E-state index contributed by atoms with van der Waals surface area (Å²) in [4.78, 5) is 0. The Hall–Kier alpha value is -6.32. The van der Waals surface area contributed by atoms with Crippen molar-refractivity contribution >= 4 is 34.1 Å². The van der Waals surface area contributed by atoms with Gasteiger partial charge in [-0.25, -0.2) is 0 Å². The maximum Gasteiger partial charge on any atom is 0.120 e. The van der Waals surface area contributed by atoms with Gasteiger partial charge in [-0.3, -0.25) is 0 Å². The Morgan fingerprint density at radius 2 is 0.889 bits per heavy atom. The first-order valence-corrected chi connectivity index (χ1v) is 18.1. The molecule has 1 heterocycles. The highest BCUT2D eigenvalue weighted by Crippen LogP contribution is 2.30. The minimum atomic E-state index is 0.519. The molecule has 54 heavy (non-hydrogen) atoms. The van der Waals surface area contributed by atoms with Gasteiger partial charge in [0.1, 0.15) is 24.7 Å². The number of hydrogen-bond donors (Lipinski definition) is 0. The van der Waals surface area contributed by atoms with E-state index < -0.39 is 0 Å². The molecule has 272 valence electrons. The lowest BCUT2D eigenvalue weighted by Crippen LogP contribution is -1.95. The van der Waals surface area contributed by atoms with E-state index in [9.17, 15) is 0 Å². The molecule has 1 atom stereocenters. The molecule has 9 nitrogen and oxygen atoms in total. The molecule has 0 N–H and O–H groups in total. The van der Waals surface area contributed by atoms with Crippen molar-refractivity contribution in [3.63, 3.8) is 0 Å². The van der Waals surface area contributed by atoms with Gasteiger partial charge in [0.15, 0.2) is 0 Å². The Labute approximate surface area is 317 Å². The highest BCUT2D eigenvalue weighted by Gasteiger charge is 2.07. The lowest BCUT2D eigenvalue weighted by molar-refractivity contribution is 0.125. The Balaban J connectivity index is 0.000000755. The Morgan fingerprint density at radius 3 is 1.20 bits per heavy atom. The third-order valence-corrected chi connectivity index (χ3v) is 8.52. The smallest absolute Gasteiger partial charge is 0.120 e. The first kappa shape index (κ1) is 37.4.